The number of hydrogen-bond donors (Lipinski definition) is 2. The van der Waals surface area contributed by atoms with Gasteiger partial charge >= 0.3 is 0 Å². The molecule has 0 spiro atoms. The second kappa shape index (κ2) is 7.43. The lowest BCUT2D eigenvalue weighted by atomic mass is 9.86. The van der Waals surface area contributed by atoms with E-state index in [0.29, 0.717) is 6.42 Å². The molecule has 114 valence electrons. The highest BCUT2D eigenvalue weighted by atomic mass is 16.1. The van der Waals surface area contributed by atoms with Crippen LogP contribution in [0.15, 0.2) is 18.7 Å². The van der Waals surface area contributed by atoms with Crippen molar-refractivity contribution in [2.75, 3.05) is 6.54 Å². The lowest BCUT2D eigenvalue weighted by Crippen LogP contribution is -2.47. The molecule has 2 N–H and O–H groups in total. The maximum atomic E-state index is 12.1. The van der Waals surface area contributed by atoms with Crippen LogP contribution in [0.2, 0.25) is 0 Å². The number of hydrogen-bond acceptors (Lipinski definition) is 3. The van der Waals surface area contributed by atoms with Crippen LogP contribution in [0.3, 0.4) is 0 Å². The molecule has 0 fully saturated rings. The van der Waals surface area contributed by atoms with Gasteiger partial charge in [0.05, 0.1) is 12.4 Å². The smallest absolute Gasteiger partial charge is 0.221 e. The van der Waals surface area contributed by atoms with E-state index in [1.165, 1.54) is 0 Å². The lowest BCUT2D eigenvalue weighted by molar-refractivity contribution is -0.123. The van der Waals surface area contributed by atoms with Crippen molar-refractivity contribution in [1.29, 1.82) is 0 Å². The summed E-state index contributed by atoms with van der Waals surface area (Å²) in [7, 11) is 0. The highest BCUT2D eigenvalue weighted by Crippen LogP contribution is 2.21. The lowest BCUT2D eigenvalue weighted by Gasteiger charge is -2.32. The van der Waals surface area contributed by atoms with Gasteiger partial charge in [-0.25, -0.2) is 4.98 Å². The van der Waals surface area contributed by atoms with Crippen LogP contribution in [-0.4, -0.2) is 34.1 Å². The molecule has 1 amide bonds. The highest BCUT2D eigenvalue weighted by Gasteiger charge is 2.26. The van der Waals surface area contributed by atoms with E-state index >= 15 is 0 Å². The van der Waals surface area contributed by atoms with Crippen LogP contribution in [0.1, 0.15) is 41.0 Å². The van der Waals surface area contributed by atoms with E-state index in [1.807, 2.05) is 24.6 Å². The summed E-state index contributed by atoms with van der Waals surface area (Å²) >= 11 is 0. The fourth-order valence-corrected chi connectivity index (χ4v) is 2.09. The Hall–Kier alpha value is -1.36. The minimum Gasteiger partial charge on any atom is -0.351 e. The molecule has 5 heteroatoms. The van der Waals surface area contributed by atoms with Crippen molar-refractivity contribution < 1.29 is 4.79 Å². The zero-order valence-corrected chi connectivity index (χ0v) is 13.3. The second-order valence-electron chi connectivity index (χ2n) is 6.41. The van der Waals surface area contributed by atoms with Gasteiger partial charge in [-0.3, -0.25) is 4.79 Å². The van der Waals surface area contributed by atoms with Gasteiger partial charge in [-0.2, -0.15) is 0 Å². The first-order chi connectivity index (χ1) is 9.32. The number of imidazole rings is 1. The molecule has 1 aromatic heterocycles. The Bertz CT molecular complexity index is 395. The number of nitrogens with zero attached hydrogens (tertiary/aromatic N) is 2. The summed E-state index contributed by atoms with van der Waals surface area (Å²) in [5.74, 6) is 0.0958. The molecule has 20 heavy (non-hydrogen) atoms. The number of nitrogens with one attached hydrogen (secondary N) is 2. The van der Waals surface area contributed by atoms with Gasteiger partial charge in [0.25, 0.3) is 0 Å². The summed E-state index contributed by atoms with van der Waals surface area (Å²) in [6.07, 6.45) is 5.97. The number of amides is 1. The van der Waals surface area contributed by atoms with Crippen molar-refractivity contribution in [2.45, 2.75) is 59.7 Å². The first kappa shape index (κ1) is 16.7. The maximum absolute atomic E-state index is 12.1. The molecule has 1 rings (SSSR count). The van der Waals surface area contributed by atoms with Crippen LogP contribution < -0.4 is 10.6 Å². The first-order valence-electron chi connectivity index (χ1n) is 7.31. The molecular formula is C15H28N4O. The predicted octanol–water partition coefficient (Wildman–Crippen LogP) is 1.80. The largest absolute Gasteiger partial charge is 0.351 e. The Morgan fingerprint density at radius 1 is 1.40 bits per heavy atom. The van der Waals surface area contributed by atoms with E-state index in [-0.39, 0.29) is 23.4 Å². The number of carbonyl (C=O) groups is 1. The zero-order chi connectivity index (χ0) is 15.2. The van der Waals surface area contributed by atoms with E-state index < -0.39 is 0 Å². The molecule has 2 atom stereocenters. The van der Waals surface area contributed by atoms with Gasteiger partial charge in [0.2, 0.25) is 5.91 Å². The van der Waals surface area contributed by atoms with Crippen LogP contribution in [0.25, 0.3) is 0 Å². The first-order valence-corrected chi connectivity index (χ1v) is 7.31. The Balaban J connectivity index is 2.59. The van der Waals surface area contributed by atoms with Crippen molar-refractivity contribution >= 4 is 5.91 Å². The molecule has 0 radical (unpaired) electrons. The molecule has 0 aliphatic heterocycles. The second-order valence-corrected chi connectivity index (χ2v) is 6.41. The normalized spacial score (nSPS) is 14.8. The molecule has 0 aromatic carbocycles. The zero-order valence-electron chi connectivity index (χ0n) is 13.3. The van der Waals surface area contributed by atoms with E-state index in [1.54, 1.807) is 12.5 Å². The van der Waals surface area contributed by atoms with Gasteiger partial charge in [0.1, 0.15) is 0 Å². The third-order valence-corrected chi connectivity index (χ3v) is 3.38. The summed E-state index contributed by atoms with van der Waals surface area (Å²) in [6.45, 7) is 12.1. The van der Waals surface area contributed by atoms with Crippen LogP contribution in [-0.2, 0) is 11.3 Å². The van der Waals surface area contributed by atoms with Crippen LogP contribution in [0, 0.1) is 5.41 Å². The van der Waals surface area contributed by atoms with Crippen molar-refractivity contribution in [3.8, 4) is 0 Å². The summed E-state index contributed by atoms with van der Waals surface area (Å²) in [5.41, 5.74) is 0.00134. The van der Waals surface area contributed by atoms with Crippen LogP contribution in [0.5, 0.6) is 0 Å². The standard InChI is InChI=1S/C15H28N4O/c1-6-17-12(2)9-14(20)18-13(15(3,4)5)10-19-8-7-16-11-19/h7-8,11-13,17H,6,9-10H2,1-5H3,(H,18,20). The van der Waals surface area contributed by atoms with Crippen LogP contribution >= 0.6 is 0 Å². The van der Waals surface area contributed by atoms with Crippen molar-refractivity contribution in [2.24, 2.45) is 5.41 Å². The molecular weight excluding hydrogens is 252 g/mol. The van der Waals surface area contributed by atoms with Crippen molar-refractivity contribution in [1.82, 2.24) is 20.2 Å². The highest BCUT2D eigenvalue weighted by molar-refractivity contribution is 5.76. The molecule has 0 aliphatic carbocycles. The Morgan fingerprint density at radius 3 is 2.60 bits per heavy atom. The number of carbonyl (C=O) groups excluding carboxylic acids is 1. The molecule has 5 nitrogen and oxygen atoms in total. The summed E-state index contributed by atoms with van der Waals surface area (Å²) in [5, 5.41) is 6.41. The molecule has 0 bridgehead atoms. The van der Waals surface area contributed by atoms with Gasteiger partial charge in [-0.05, 0) is 18.9 Å². The van der Waals surface area contributed by atoms with Gasteiger partial charge in [-0.15, -0.1) is 0 Å². The van der Waals surface area contributed by atoms with Crippen molar-refractivity contribution in [3.63, 3.8) is 0 Å². The van der Waals surface area contributed by atoms with E-state index in [4.69, 9.17) is 0 Å². The average Bonchev–Trinajstić information content (AvgIpc) is 2.79. The summed E-state index contributed by atoms with van der Waals surface area (Å²) in [4.78, 5) is 16.2. The Kier molecular flexibility index (Phi) is 6.20. The summed E-state index contributed by atoms with van der Waals surface area (Å²) < 4.78 is 2.00. The van der Waals surface area contributed by atoms with Gasteiger partial charge < -0.3 is 15.2 Å². The van der Waals surface area contributed by atoms with Crippen LogP contribution in [0.4, 0.5) is 0 Å². The maximum Gasteiger partial charge on any atom is 0.221 e. The minimum atomic E-state index is 0.00134. The topological polar surface area (TPSA) is 59.0 Å². The monoisotopic (exact) mass is 280 g/mol. The third-order valence-electron chi connectivity index (χ3n) is 3.38. The minimum absolute atomic E-state index is 0.00134. The van der Waals surface area contributed by atoms with Gasteiger partial charge in [0, 0.05) is 31.4 Å². The Labute approximate surface area is 122 Å². The Morgan fingerprint density at radius 2 is 2.10 bits per heavy atom. The van der Waals surface area contributed by atoms with E-state index in [0.717, 1.165) is 13.1 Å². The summed E-state index contributed by atoms with van der Waals surface area (Å²) in [6, 6.07) is 0.284. The molecule has 2 unspecified atom stereocenters. The van der Waals surface area contributed by atoms with Gasteiger partial charge in [-0.1, -0.05) is 27.7 Å². The van der Waals surface area contributed by atoms with E-state index in [9.17, 15) is 4.79 Å². The quantitative estimate of drug-likeness (QED) is 0.801. The molecule has 0 saturated heterocycles. The number of rotatable bonds is 7. The number of aromatic nitrogens is 2. The molecule has 1 heterocycles. The van der Waals surface area contributed by atoms with E-state index in [2.05, 4.69) is 36.4 Å². The predicted molar refractivity (Wildman–Crippen MR) is 81.4 cm³/mol. The molecule has 0 aliphatic rings. The fourth-order valence-electron chi connectivity index (χ4n) is 2.09. The van der Waals surface area contributed by atoms with Crippen molar-refractivity contribution in [3.05, 3.63) is 18.7 Å². The van der Waals surface area contributed by atoms with Gasteiger partial charge in [0.15, 0.2) is 0 Å². The SMILES string of the molecule is CCNC(C)CC(=O)NC(Cn1ccnc1)C(C)(C)C. The average molecular weight is 280 g/mol. The fraction of sp³-hybridized carbons (Fsp3) is 0.733. The third kappa shape index (κ3) is 5.74. The molecule has 1 aromatic rings. The molecule has 0 saturated carbocycles.